The maximum atomic E-state index is 11.9. The molecular formula is C16H16BrNO4S. The number of aliphatic carboxylic acids is 1. The molecule has 122 valence electrons. The van der Waals surface area contributed by atoms with E-state index in [1.54, 1.807) is 0 Å². The van der Waals surface area contributed by atoms with E-state index in [0.29, 0.717) is 0 Å². The summed E-state index contributed by atoms with van der Waals surface area (Å²) in [6.07, 6.45) is -0.838. The van der Waals surface area contributed by atoms with E-state index in [4.69, 9.17) is 9.84 Å². The highest BCUT2D eigenvalue weighted by molar-refractivity contribution is 9.10. The molecule has 0 bridgehead atoms. The van der Waals surface area contributed by atoms with Gasteiger partial charge in [-0.25, -0.2) is 4.79 Å². The highest BCUT2D eigenvalue weighted by atomic mass is 79.9. The fraction of sp³-hybridized carbons (Fsp3) is 0.250. The van der Waals surface area contributed by atoms with Gasteiger partial charge in [0.15, 0.2) is 0 Å². The summed E-state index contributed by atoms with van der Waals surface area (Å²) in [4.78, 5) is 24.8. The van der Waals surface area contributed by atoms with Gasteiger partial charge in [0, 0.05) is 14.2 Å². The summed E-state index contributed by atoms with van der Waals surface area (Å²) in [6.45, 7) is 2.06. The van der Waals surface area contributed by atoms with E-state index in [1.165, 1.54) is 11.3 Å². The molecule has 5 nitrogen and oxygen atoms in total. The van der Waals surface area contributed by atoms with Crippen LogP contribution < -0.4 is 5.32 Å². The van der Waals surface area contributed by atoms with Gasteiger partial charge in [0.2, 0.25) is 0 Å². The molecule has 0 fully saturated rings. The molecule has 0 spiro atoms. The number of nitrogens with one attached hydrogen (secondary N) is 1. The third-order valence-corrected chi connectivity index (χ3v) is 5.35. The molecular weight excluding hydrogens is 382 g/mol. The molecule has 1 aromatic carbocycles. The van der Waals surface area contributed by atoms with Crippen molar-refractivity contribution in [3.63, 3.8) is 0 Å². The third kappa shape index (κ3) is 5.37. The molecule has 2 N–H and O–H groups in total. The van der Waals surface area contributed by atoms with Crippen LogP contribution >= 0.6 is 27.3 Å². The van der Waals surface area contributed by atoms with Gasteiger partial charge in [0.05, 0.1) is 12.5 Å². The number of carbonyl (C=O) groups excluding carboxylic acids is 1. The van der Waals surface area contributed by atoms with Crippen molar-refractivity contribution in [3.8, 4) is 0 Å². The Balaban J connectivity index is 1.99. The maximum absolute atomic E-state index is 11.9. The summed E-state index contributed by atoms with van der Waals surface area (Å²) < 4.78 is 6.04. The third-order valence-electron chi connectivity index (χ3n) is 3.10. The van der Waals surface area contributed by atoms with Crippen molar-refractivity contribution >= 4 is 39.3 Å². The molecule has 2 aromatic rings. The SMILES string of the molecule is Cc1sc(C(CC(=O)O)NC(=O)OCc2ccccc2)cc1Br. The van der Waals surface area contributed by atoms with Crippen molar-refractivity contribution in [2.75, 3.05) is 0 Å². The molecule has 0 aliphatic rings. The highest BCUT2D eigenvalue weighted by Gasteiger charge is 2.21. The lowest BCUT2D eigenvalue weighted by Gasteiger charge is -2.15. The van der Waals surface area contributed by atoms with Gasteiger partial charge in [0.1, 0.15) is 6.61 Å². The Kier molecular flexibility index (Phi) is 6.18. The monoisotopic (exact) mass is 397 g/mol. The van der Waals surface area contributed by atoms with E-state index in [9.17, 15) is 9.59 Å². The summed E-state index contributed by atoms with van der Waals surface area (Å²) in [6, 6.07) is 10.5. The summed E-state index contributed by atoms with van der Waals surface area (Å²) >= 11 is 4.84. The van der Waals surface area contributed by atoms with Crippen LogP contribution in [0.25, 0.3) is 0 Å². The predicted molar refractivity (Wildman–Crippen MR) is 91.5 cm³/mol. The number of amides is 1. The van der Waals surface area contributed by atoms with Gasteiger partial charge in [-0.05, 0) is 34.5 Å². The smallest absolute Gasteiger partial charge is 0.407 e. The largest absolute Gasteiger partial charge is 0.481 e. The van der Waals surface area contributed by atoms with Crippen molar-refractivity contribution in [2.24, 2.45) is 0 Å². The number of halogens is 1. The standard InChI is InChI=1S/C16H16BrNO4S/c1-10-12(17)7-14(23-10)13(8-15(19)20)18-16(21)22-9-11-5-3-2-4-6-11/h2-7,13H,8-9H2,1H3,(H,18,21)(H,19,20). The molecule has 1 aromatic heterocycles. The summed E-state index contributed by atoms with van der Waals surface area (Å²) in [5.74, 6) is -0.986. The Morgan fingerprint density at radius 1 is 1.35 bits per heavy atom. The molecule has 0 radical (unpaired) electrons. The van der Waals surface area contributed by atoms with E-state index >= 15 is 0 Å². The molecule has 1 atom stereocenters. The first kappa shape index (κ1) is 17.5. The summed E-state index contributed by atoms with van der Waals surface area (Å²) in [7, 11) is 0. The lowest BCUT2D eigenvalue weighted by atomic mass is 10.2. The summed E-state index contributed by atoms with van der Waals surface area (Å²) in [5.41, 5.74) is 0.868. The second-order valence-electron chi connectivity index (χ2n) is 4.91. The van der Waals surface area contributed by atoms with Gasteiger partial charge >= 0.3 is 12.1 Å². The molecule has 23 heavy (non-hydrogen) atoms. The number of alkyl carbamates (subject to hydrolysis) is 1. The molecule has 1 unspecified atom stereocenters. The van der Waals surface area contributed by atoms with Gasteiger partial charge in [0.25, 0.3) is 0 Å². The van der Waals surface area contributed by atoms with Crippen LogP contribution in [-0.2, 0) is 16.1 Å². The Morgan fingerprint density at radius 2 is 2.04 bits per heavy atom. The van der Waals surface area contributed by atoms with Crippen molar-refractivity contribution in [1.29, 1.82) is 0 Å². The van der Waals surface area contributed by atoms with E-state index < -0.39 is 18.1 Å². The minimum atomic E-state index is -0.986. The Bertz CT molecular complexity index is 667. The fourth-order valence-corrected chi connectivity index (χ4v) is 3.57. The zero-order valence-electron chi connectivity index (χ0n) is 12.4. The van der Waals surface area contributed by atoms with E-state index in [2.05, 4.69) is 21.2 Å². The van der Waals surface area contributed by atoms with Gasteiger partial charge in [-0.3, -0.25) is 4.79 Å². The molecule has 0 saturated heterocycles. The molecule has 1 amide bonds. The average molecular weight is 398 g/mol. The minimum Gasteiger partial charge on any atom is -0.481 e. The Morgan fingerprint density at radius 3 is 2.61 bits per heavy atom. The molecule has 0 aliphatic heterocycles. The van der Waals surface area contributed by atoms with Crippen molar-refractivity contribution in [2.45, 2.75) is 26.0 Å². The number of hydrogen-bond donors (Lipinski definition) is 2. The quantitative estimate of drug-likeness (QED) is 0.763. The second kappa shape index (κ2) is 8.12. The molecule has 1 heterocycles. The first-order valence-electron chi connectivity index (χ1n) is 6.90. The first-order valence-corrected chi connectivity index (χ1v) is 8.51. The molecule has 0 aliphatic carbocycles. The number of thiophene rings is 1. The molecule has 7 heteroatoms. The number of benzene rings is 1. The average Bonchev–Trinajstić information content (AvgIpc) is 2.85. The number of ether oxygens (including phenoxy) is 1. The van der Waals surface area contributed by atoms with Gasteiger partial charge < -0.3 is 15.2 Å². The lowest BCUT2D eigenvalue weighted by Crippen LogP contribution is -2.30. The van der Waals surface area contributed by atoms with E-state index in [-0.39, 0.29) is 13.0 Å². The normalized spacial score (nSPS) is 11.7. The maximum Gasteiger partial charge on any atom is 0.407 e. The van der Waals surface area contributed by atoms with E-state index in [1.807, 2.05) is 43.3 Å². The number of carboxylic acid groups (broad SMARTS) is 1. The van der Waals surface area contributed by atoms with Gasteiger partial charge in [-0.2, -0.15) is 0 Å². The van der Waals surface area contributed by atoms with Crippen molar-refractivity contribution < 1.29 is 19.4 Å². The number of rotatable bonds is 6. The van der Waals surface area contributed by atoms with Crippen LogP contribution in [0.1, 0.15) is 27.8 Å². The highest BCUT2D eigenvalue weighted by Crippen LogP contribution is 2.32. The number of hydrogen-bond acceptors (Lipinski definition) is 4. The fourth-order valence-electron chi connectivity index (χ4n) is 1.96. The van der Waals surface area contributed by atoms with Crippen LogP contribution in [0.4, 0.5) is 4.79 Å². The predicted octanol–water partition coefficient (Wildman–Crippen LogP) is 4.26. The topological polar surface area (TPSA) is 75.6 Å². The van der Waals surface area contributed by atoms with Crippen LogP contribution in [0.5, 0.6) is 0 Å². The minimum absolute atomic E-state index is 0.139. The first-order chi connectivity index (χ1) is 11.0. The van der Waals surface area contributed by atoms with Crippen LogP contribution in [-0.4, -0.2) is 17.2 Å². The zero-order valence-corrected chi connectivity index (χ0v) is 14.8. The van der Waals surface area contributed by atoms with Crippen LogP contribution in [0.3, 0.4) is 0 Å². The van der Waals surface area contributed by atoms with Crippen LogP contribution in [0.2, 0.25) is 0 Å². The van der Waals surface area contributed by atoms with Crippen LogP contribution in [0.15, 0.2) is 40.9 Å². The van der Waals surface area contributed by atoms with Gasteiger partial charge in [-0.1, -0.05) is 30.3 Å². The number of carboxylic acids is 1. The summed E-state index contributed by atoms with van der Waals surface area (Å²) in [5, 5.41) is 11.7. The van der Waals surface area contributed by atoms with Crippen molar-refractivity contribution in [1.82, 2.24) is 5.32 Å². The zero-order chi connectivity index (χ0) is 16.8. The number of aryl methyl sites for hydroxylation is 1. The van der Waals surface area contributed by atoms with E-state index in [0.717, 1.165) is 19.8 Å². The second-order valence-corrected chi connectivity index (χ2v) is 7.05. The van der Waals surface area contributed by atoms with Crippen molar-refractivity contribution in [3.05, 3.63) is 56.2 Å². The van der Waals surface area contributed by atoms with Crippen LogP contribution in [0, 0.1) is 6.92 Å². The Hall–Kier alpha value is -1.86. The van der Waals surface area contributed by atoms with Gasteiger partial charge in [-0.15, -0.1) is 11.3 Å². The number of carbonyl (C=O) groups is 2. The molecule has 2 rings (SSSR count). The Labute approximate surface area is 146 Å². The lowest BCUT2D eigenvalue weighted by molar-refractivity contribution is -0.137. The molecule has 0 saturated carbocycles.